The summed E-state index contributed by atoms with van der Waals surface area (Å²) in [6, 6.07) is 0.741. The second kappa shape index (κ2) is 7.40. The maximum Gasteiger partial charge on any atom is 0.168 e. The van der Waals surface area contributed by atoms with Crippen LogP contribution < -0.4 is 5.32 Å². The Bertz CT molecular complexity index is 302. The van der Waals surface area contributed by atoms with Gasteiger partial charge in [-0.3, -0.25) is 0 Å². The van der Waals surface area contributed by atoms with Gasteiger partial charge < -0.3 is 19.7 Å². The maximum atomic E-state index is 5.87. The minimum absolute atomic E-state index is 0.208. The molecule has 0 bridgehead atoms. The van der Waals surface area contributed by atoms with Gasteiger partial charge in [-0.05, 0) is 57.7 Å². The smallest absolute Gasteiger partial charge is 0.168 e. The topological polar surface area (TPSA) is 33.7 Å². The number of nitrogens with one attached hydrogen (secondary N) is 1. The lowest BCUT2D eigenvalue weighted by atomic mass is 9.88. The summed E-state index contributed by atoms with van der Waals surface area (Å²) >= 11 is 0. The molecule has 21 heavy (non-hydrogen) atoms. The first kappa shape index (κ1) is 15.7. The van der Waals surface area contributed by atoms with Crippen molar-refractivity contribution in [3.05, 3.63) is 0 Å². The molecule has 4 nitrogen and oxygen atoms in total. The van der Waals surface area contributed by atoms with Crippen molar-refractivity contribution < 1.29 is 9.47 Å². The van der Waals surface area contributed by atoms with Crippen molar-refractivity contribution in [1.29, 1.82) is 0 Å². The van der Waals surface area contributed by atoms with Gasteiger partial charge in [0.1, 0.15) is 0 Å². The van der Waals surface area contributed by atoms with Crippen molar-refractivity contribution in [3.8, 4) is 0 Å². The molecule has 0 aromatic rings. The predicted molar refractivity (Wildman–Crippen MR) is 84.3 cm³/mol. The zero-order valence-electron chi connectivity index (χ0n) is 13.6. The fraction of sp³-hybridized carbons (Fsp3) is 1.00. The van der Waals surface area contributed by atoms with Gasteiger partial charge in [0.15, 0.2) is 5.79 Å². The van der Waals surface area contributed by atoms with Crippen molar-refractivity contribution in [2.75, 3.05) is 39.4 Å². The Labute approximate surface area is 129 Å². The van der Waals surface area contributed by atoms with E-state index < -0.39 is 0 Å². The molecule has 122 valence electrons. The van der Waals surface area contributed by atoms with Gasteiger partial charge in [0.05, 0.1) is 13.2 Å². The summed E-state index contributed by atoms with van der Waals surface area (Å²) in [5.74, 6) is 0.640. The summed E-state index contributed by atoms with van der Waals surface area (Å²) in [7, 11) is 0. The molecule has 0 radical (unpaired) electrons. The molecule has 1 spiro atoms. The molecule has 1 atom stereocenters. The van der Waals surface area contributed by atoms with Crippen molar-refractivity contribution >= 4 is 0 Å². The zero-order chi connectivity index (χ0) is 14.5. The van der Waals surface area contributed by atoms with Crippen molar-refractivity contribution in [1.82, 2.24) is 10.2 Å². The molecule has 2 heterocycles. The number of piperidine rings is 1. The third-order valence-electron chi connectivity index (χ3n) is 5.45. The highest BCUT2D eigenvalue weighted by Gasteiger charge is 2.41. The quantitative estimate of drug-likeness (QED) is 0.844. The van der Waals surface area contributed by atoms with Crippen LogP contribution in [0.25, 0.3) is 0 Å². The predicted octanol–water partition coefficient (Wildman–Crippen LogP) is 2.38. The molecule has 3 aliphatic rings. The first-order valence-electron chi connectivity index (χ1n) is 9.04. The third kappa shape index (κ3) is 3.98. The van der Waals surface area contributed by atoms with Crippen LogP contribution in [0.5, 0.6) is 0 Å². The Balaban J connectivity index is 1.51. The highest BCUT2D eigenvalue weighted by Crippen LogP contribution is 2.37. The number of ether oxygens (including phenoxy) is 2. The summed E-state index contributed by atoms with van der Waals surface area (Å²) in [5, 5.41) is 3.56. The maximum absolute atomic E-state index is 5.87. The van der Waals surface area contributed by atoms with Crippen LogP contribution in [0.2, 0.25) is 0 Å². The van der Waals surface area contributed by atoms with Gasteiger partial charge in [-0.25, -0.2) is 0 Å². The highest BCUT2D eigenvalue weighted by molar-refractivity contribution is 4.88. The lowest BCUT2D eigenvalue weighted by molar-refractivity contribution is -0.184. The Morgan fingerprint density at radius 3 is 2.52 bits per heavy atom. The van der Waals surface area contributed by atoms with Crippen LogP contribution in [0.3, 0.4) is 0 Å². The summed E-state index contributed by atoms with van der Waals surface area (Å²) in [6.45, 7) is 8.83. The van der Waals surface area contributed by atoms with Crippen LogP contribution in [-0.4, -0.2) is 56.1 Å². The molecular formula is C17H32N2O2. The first-order chi connectivity index (χ1) is 10.3. The van der Waals surface area contributed by atoms with Gasteiger partial charge in [-0.1, -0.05) is 6.92 Å². The Morgan fingerprint density at radius 2 is 1.90 bits per heavy atom. The highest BCUT2D eigenvalue weighted by atomic mass is 16.7. The Morgan fingerprint density at radius 1 is 1.14 bits per heavy atom. The fourth-order valence-electron chi connectivity index (χ4n) is 4.31. The molecule has 1 saturated carbocycles. The van der Waals surface area contributed by atoms with E-state index in [1.54, 1.807) is 0 Å². The van der Waals surface area contributed by atoms with E-state index >= 15 is 0 Å². The summed E-state index contributed by atoms with van der Waals surface area (Å²) in [6.07, 6.45) is 8.65. The molecule has 1 unspecified atom stereocenters. The largest absolute Gasteiger partial charge is 0.348 e. The molecule has 0 aromatic heterocycles. The monoisotopic (exact) mass is 296 g/mol. The van der Waals surface area contributed by atoms with Gasteiger partial charge in [0.25, 0.3) is 0 Å². The van der Waals surface area contributed by atoms with Crippen molar-refractivity contribution in [2.45, 2.75) is 63.7 Å². The van der Waals surface area contributed by atoms with Crippen LogP contribution in [-0.2, 0) is 9.47 Å². The SMILES string of the molecule is CCCN(CC1CCCNC1)C1CCC2(CC1)OCCO2. The van der Waals surface area contributed by atoms with Gasteiger partial charge in [-0.15, -0.1) is 0 Å². The normalized spacial score (nSPS) is 30.3. The van der Waals surface area contributed by atoms with E-state index in [0.717, 1.165) is 38.0 Å². The fourth-order valence-corrected chi connectivity index (χ4v) is 4.31. The molecule has 0 amide bonds. The van der Waals surface area contributed by atoms with Crippen LogP contribution in [0.15, 0.2) is 0 Å². The molecule has 1 N–H and O–H groups in total. The molecule has 4 heteroatoms. The van der Waals surface area contributed by atoms with E-state index in [9.17, 15) is 0 Å². The Kier molecular flexibility index (Phi) is 5.54. The van der Waals surface area contributed by atoms with Crippen LogP contribution in [0.1, 0.15) is 51.9 Å². The van der Waals surface area contributed by atoms with Crippen molar-refractivity contribution in [3.63, 3.8) is 0 Å². The zero-order valence-corrected chi connectivity index (χ0v) is 13.6. The molecule has 1 aliphatic carbocycles. The van der Waals surface area contributed by atoms with Gasteiger partial charge >= 0.3 is 0 Å². The van der Waals surface area contributed by atoms with E-state index in [1.165, 1.54) is 58.3 Å². The van der Waals surface area contributed by atoms with E-state index in [1.807, 2.05) is 0 Å². The van der Waals surface area contributed by atoms with Gasteiger partial charge in [0.2, 0.25) is 0 Å². The first-order valence-corrected chi connectivity index (χ1v) is 9.04. The minimum atomic E-state index is -0.208. The third-order valence-corrected chi connectivity index (χ3v) is 5.45. The second-order valence-corrected chi connectivity index (χ2v) is 7.05. The van der Waals surface area contributed by atoms with E-state index in [-0.39, 0.29) is 5.79 Å². The molecule has 0 aromatic carbocycles. The van der Waals surface area contributed by atoms with Gasteiger partial charge in [-0.2, -0.15) is 0 Å². The lowest BCUT2D eigenvalue weighted by Crippen LogP contribution is -2.47. The van der Waals surface area contributed by atoms with E-state index in [2.05, 4.69) is 17.1 Å². The van der Waals surface area contributed by atoms with Crippen molar-refractivity contribution in [2.24, 2.45) is 5.92 Å². The number of rotatable bonds is 5. The van der Waals surface area contributed by atoms with Gasteiger partial charge in [0, 0.05) is 25.4 Å². The lowest BCUT2D eigenvalue weighted by Gasteiger charge is -2.42. The summed E-state index contributed by atoms with van der Waals surface area (Å²) < 4.78 is 11.7. The summed E-state index contributed by atoms with van der Waals surface area (Å²) in [4.78, 5) is 2.76. The average molecular weight is 296 g/mol. The second-order valence-electron chi connectivity index (χ2n) is 7.05. The minimum Gasteiger partial charge on any atom is -0.348 e. The molecule has 2 aliphatic heterocycles. The average Bonchev–Trinajstić information content (AvgIpc) is 2.97. The number of hydrogen-bond acceptors (Lipinski definition) is 4. The number of hydrogen-bond donors (Lipinski definition) is 1. The van der Waals surface area contributed by atoms with Crippen LogP contribution in [0.4, 0.5) is 0 Å². The standard InChI is InChI=1S/C17H32N2O2/c1-2-10-19(14-15-4-3-9-18-13-15)16-5-7-17(8-6-16)20-11-12-21-17/h15-16,18H,2-14H2,1H3. The molecular weight excluding hydrogens is 264 g/mol. The van der Waals surface area contributed by atoms with E-state index in [4.69, 9.17) is 9.47 Å². The summed E-state index contributed by atoms with van der Waals surface area (Å²) in [5.41, 5.74) is 0. The van der Waals surface area contributed by atoms with E-state index in [0.29, 0.717) is 0 Å². The molecule has 3 fully saturated rings. The van der Waals surface area contributed by atoms with Crippen LogP contribution >= 0.6 is 0 Å². The van der Waals surface area contributed by atoms with Crippen LogP contribution in [0, 0.1) is 5.92 Å². The number of nitrogens with zero attached hydrogens (tertiary/aromatic N) is 1. The molecule has 3 rings (SSSR count). The molecule has 2 saturated heterocycles. The Hall–Kier alpha value is -0.160.